The number of hydrogen-bond donors (Lipinski definition) is 4. The van der Waals surface area contributed by atoms with Gasteiger partial charge in [0.2, 0.25) is 0 Å². The molecule has 5 N–H and O–H groups in total. The monoisotopic (exact) mass is 363 g/mol. The Bertz CT molecular complexity index is 911. The van der Waals surface area contributed by atoms with Crippen molar-refractivity contribution >= 4 is 28.9 Å². The van der Waals surface area contributed by atoms with Crippen LogP contribution in [0, 0.1) is 0 Å². The summed E-state index contributed by atoms with van der Waals surface area (Å²) < 4.78 is 0. The molecule has 0 atom stereocenters. The smallest absolute Gasteiger partial charge is 0.288 e. The molecule has 0 saturated carbocycles. The minimum Gasteiger partial charge on any atom is -0.393 e. The van der Waals surface area contributed by atoms with E-state index in [0.717, 1.165) is 5.69 Å². The van der Waals surface area contributed by atoms with Crippen LogP contribution >= 0.6 is 0 Å². The van der Waals surface area contributed by atoms with E-state index in [4.69, 9.17) is 5.73 Å². The maximum Gasteiger partial charge on any atom is 0.288 e. The third-order valence-electron chi connectivity index (χ3n) is 3.92. The highest BCUT2D eigenvalue weighted by molar-refractivity contribution is 5.93. The Labute approximate surface area is 157 Å². The number of nitrogens with zero attached hydrogens (tertiary/aromatic N) is 3. The first-order valence-corrected chi connectivity index (χ1v) is 8.49. The lowest BCUT2D eigenvalue weighted by Crippen LogP contribution is -2.31. The normalized spacial score (nSPS) is 10.5. The highest BCUT2D eigenvalue weighted by Gasteiger charge is 2.11. The summed E-state index contributed by atoms with van der Waals surface area (Å²) in [5.74, 6) is 0.793. The maximum atomic E-state index is 12.1. The van der Waals surface area contributed by atoms with E-state index in [1.165, 1.54) is 11.9 Å². The quantitative estimate of drug-likeness (QED) is 0.497. The third kappa shape index (κ3) is 4.49. The van der Waals surface area contributed by atoms with E-state index in [-0.39, 0.29) is 17.2 Å². The first kappa shape index (κ1) is 18.1. The van der Waals surface area contributed by atoms with Crippen LogP contribution in [0.2, 0.25) is 0 Å². The molecular formula is C19H21N7O. The second-order valence-corrected chi connectivity index (χ2v) is 6.18. The lowest BCUT2D eigenvalue weighted by Gasteiger charge is -2.13. The first-order valence-electron chi connectivity index (χ1n) is 8.49. The van der Waals surface area contributed by atoms with Gasteiger partial charge in [-0.05, 0) is 35.7 Å². The summed E-state index contributed by atoms with van der Waals surface area (Å²) in [5, 5.41) is 3.16. The van der Waals surface area contributed by atoms with E-state index in [1.807, 2.05) is 12.1 Å². The van der Waals surface area contributed by atoms with Crippen LogP contribution in [0.25, 0.3) is 0 Å². The van der Waals surface area contributed by atoms with Crippen molar-refractivity contribution in [3.8, 4) is 0 Å². The van der Waals surface area contributed by atoms with Crippen molar-refractivity contribution in [3.05, 3.63) is 66.2 Å². The fourth-order valence-corrected chi connectivity index (χ4v) is 2.36. The molecule has 0 aliphatic carbocycles. The number of amides is 1. The zero-order chi connectivity index (χ0) is 19.2. The van der Waals surface area contributed by atoms with Gasteiger partial charge in [0.1, 0.15) is 17.7 Å². The predicted octanol–water partition coefficient (Wildman–Crippen LogP) is 3.08. The van der Waals surface area contributed by atoms with Crippen molar-refractivity contribution in [1.82, 2.24) is 20.4 Å². The van der Waals surface area contributed by atoms with Crippen molar-refractivity contribution in [2.24, 2.45) is 0 Å². The van der Waals surface area contributed by atoms with Crippen LogP contribution in [0.15, 0.2) is 55.0 Å². The van der Waals surface area contributed by atoms with E-state index in [2.05, 4.69) is 57.1 Å². The van der Waals surface area contributed by atoms with Gasteiger partial charge in [-0.1, -0.05) is 32.0 Å². The summed E-state index contributed by atoms with van der Waals surface area (Å²) in [4.78, 5) is 24.3. The fourth-order valence-electron chi connectivity index (χ4n) is 2.36. The van der Waals surface area contributed by atoms with Crippen LogP contribution in [0.1, 0.15) is 35.8 Å². The number of hydrazine groups is 1. The SMILES string of the molecule is CC(C)c1ccc(Nc2ncnc(NNC(=O)c3ccccn3)c2N)cc1. The van der Waals surface area contributed by atoms with Crippen LogP contribution < -0.4 is 21.9 Å². The van der Waals surface area contributed by atoms with Crippen LogP contribution in [0.3, 0.4) is 0 Å². The molecule has 3 rings (SSSR count). The summed E-state index contributed by atoms with van der Waals surface area (Å²) in [6.07, 6.45) is 2.90. The number of aromatic nitrogens is 3. The third-order valence-corrected chi connectivity index (χ3v) is 3.92. The van der Waals surface area contributed by atoms with E-state index in [9.17, 15) is 4.79 Å². The van der Waals surface area contributed by atoms with Gasteiger partial charge in [0, 0.05) is 11.9 Å². The molecular weight excluding hydrogens is 342 g/mol. The number of anilines is 4. The molecule has 0 bridgehead atoms. The minimum atomic E-state index is -0.396. The molecule has 2 aromatic heterocycles. The van der Waals surface area contributed by atoms with Gasteiger partial charge in [0.15, 0.2) is 11.6 Å². The fraction of sp³-hybridized carbons (Fsp3) is 0.158. The summed E-state index contributed by atoms with van der Waals surface area (Å²) in [6.45, 7) is 4.28. The van der Waals surface area contributed by atoms with Gasteiger partial charge < -0.3 is 11.1 Å². The number of benzene rings is 1. The first-order chi connectivity index (χ1) is 13.0. The van der Waals surface area contributed by atoms with Gasteiger partial charge in [-0.3, -0.25) is 20.6 Å². The molecule has 1 amide bonds. The molecule has 0 saturated heterocycles. The van der Waals surface area contributed by atoms with E-state index in [0.29, 0.717) is 11.7 Å². The van der Waals surface area contributed by atoms with E-state index < -0.39 is 5.91 Å². The minimum absolute atomic E-state index is 0.279. The van der Waals surface area contributed by atoms with Crippen molar-refractivity contribution < 1.29 is 4.79 Å². The Hall–Kier alpha value is -3.68. The van der Waals surface area contributed by atoms with Crippen molar-refractivity contribution in [1.29, 1.82) is 0 Å². The molecule has 138 valence electrons. The Morgan fingerprint density at radius 1 is 1.00 bits per heavy atom. The average Bonchev–Trinajstić information content (AvgIpc) is 2.69. The lowest BCUT2D eigenvalue weighted by atomic mass is 10.0. The van der Waals surface area contributed by atoms with Gasteiger partial charge in [0.25, 0.3) is 5.91 Å². The molecule has 0 radical (unpaired) electrons. The summed E-state index contributed by atoms with van der Waals surface area (Å²) in [7, 11) is 0. The number of pyridine rings is 1. The largest absolute Gasteiger partial charge is 0.393 e. The highest BCUT2D eigenvalue weighted by atomic mass is 16.2. The molecule has 0 aliphatic rings. The van der Waals surface area contributed by atoms with Crippen molar-refractivity contribution in [3.63, 3.8) is 0 Å². The van der Waals surface area contributed by atoms with E-state index >= 15 is 0 Å². The van der Waals surface area contributed by atoms with Gasteiger partial charge in [0.05, 0.1) is 0 Å². The number of hydrogen-bond acceptors (Lipinski definition) is 7. The number of nitrogen functional groups attached to an aromatic ring is 1. The molecule has 8 nitrogen and oxygen atoms in total. The van der Waals surface area contributed by atoms with Crippen LogP contribution in [-0.2, 0) is 0 Å². The molecule has 0 spiro atoms. The van der Waals surface area contributed by atoms with Crippen molar-refractivity contribution in [2.45, 2.75) is 19.8 Å². The molecule has 8 heteroatoms. The second-order valence-electron chi connectivity index (χ2n) is 6.18. The number of nitrogens with one attached hydrogen (secondary N) is 3. The zero-order valence-electron chi connectivity index (χ0n) is 15.1. The predicted molar refractivity (Wildman–Crippen MR) is 106 cm³/mol. The standard InChI is InChI=1S/C19H21N7O/c1-12(2)13-6-8-14(9-7-13)24-17-16(20)18(23-11-22-17)25-26-19(27)15-5-3-4-10-21-15/h3-12H,20H2,1-2H3,(H,26,27)(H2,22,23,24,25). The summed E-state index contributed by atoms with van der Waals surface area (Å²) >= 11 is 0. The van der Waals surface area contributed by atoms with Crippen LogP contribution in [0.5, 0.6) is 0 Å². The Kier molecular flexibility index (Phi) is 5.46. The summed E-state index contributed by atoms with van der Waals surface area (Å²) in [5.41, 5.74) is 14.0. The second kappa shape index (κ2) is 8.13. The van der Waals surface area contributed by atoms with Crippen LogP contribution in [-0.4, -0.2) is 20.9 Å². The zero-order valence-corrected chi connectivity index (χ0v) is 15.1. The Morgan fingerprint density at radius 3 is 2.41 bits per heavy atom. The van der Waals surface area contributed by atoms with Gasteiger partial charge in [-0.15, -0.1) is 0 Å². The van der Waals surface area contributed by atoms with E-state index in [1.54, 1.807) is 24.4 Å². The van der Waals surface area contributed by atoms with Gasteiger partial charge in [-0.2, -0.15) is 0 Å². The average molecular weight is 363 g/mol. The molecule has 0 fully saturated rings. The Balaban J connectivity index is 1.69. The highest BCUT2D eigenvalue weighted by Crippen LogP contribution is 2.26. The number of carbonyl (C=O) groups is 1. The molecule has 27 heavy (non-hydrogen) atoms. The molecule has 1 aromatic carbocycles. The van der Waals surface area contributed by atoms with Crippen molar-refractivity contribution in [2.75, 3.05) is 16.5 Å². The van der Waals surface area contributed by atoms with Gasteiger partial charge >= 0.3 is 0 Å². The number of nitrogens with two attached hydrogens (primary N) is 1. The van der Waals surface area contributed by atoms with Crippen LogP contribution in [0.4, 0.5) is 23.0 Å². The molecule has 0 aliphatic heterocycles. The number of carbonyl (C=O) groups excluding carboxylic acids is 1. The number of rotatable bonds is 6. The molecule has 3 aromatic rings. The Morgan fingerprint density at radius 2 is 1.74 bits per heavy atom. The van der Waals surface area contributed by atoms with Gasteiger partial charge in [-0.25, -0.2) is 9.97 Å². The lowest BCUT2D eigenvalue weighted by molar-refractivity contribution is 0.0957. The molecule has 2 heterocycles. The molecule has 0 unspecified atom stereocenters. The summed E-state index contributed by atoms with van der Waals surface area (Å²) in [6, 6.07) is 13.1. The topological polar surface area (TPSA) is 118 Å². The maximum absolute atomic E-state index is 12.1.